The minimum atomic E-state index is -0.482. The van der Waals surface area contributed by atoms with Crippen molar-refractivity contribution < 1.29 is 14.1 Å². The molecule has 0 radical (unpaired) electrons. The summed E-state index contributed by atoms with van der Waals surface area (Å²) in [6.45, 7) is 4.26. The number of non-ortho nitro benzene ring substituents is 1. The van der Waals surface area contributed by atoms with Crippen LogP contribution in [-0.4, -0.2) is 51.3 Å². The van der Waals surface area contributed by atoms with Gasteiger partial charge in [-0.3, -0.25) is 14.9 Å². The maximum absolute atomic E-state index is 14.9. The quantitative estimate of drug-likeness (QED) is 0.294. The summed E-state index contributed by atoms with van der Waals surface area (Å²) in [5, 5.41) is 10.9. The first kappa shape index (κ1) is 23.5. The van der Waals surface area contributed by atoms with Crippen LogP contribution in [-0.2, 0) is 4.79 Å². The van der Waals surface area contributed by atoms with Gasteiger partial charge in [-0.15, -0.1) is 0 Å². The third-order valence-electron chi connectivity index (χ3n) is 6.77. The molecule has 0 spiro atoms. The van der Waals surface area contributed by atoms with Crippen molar-refractivity contribution in [1.82, 2.24) is 14.3 Å². The molecule has 5 rings (SSSR count). The largest absolute Gasteiger partial charge is 0.368 e. The minimum absolute atomic E-state index is 0.0475. The number of anilines is 1. The molecule has 1 saturated heterocycles. The molecule has 36 heavy (non-hydrogen) atoms. The fourth-order valence-electron chi connectivity index (χ4n) is 4.79. The topological polar surface area (TPSA) is 84.0 Å². The summed E-state index contributed by atoms with van der Waals surface area (Å²) in [5.74, 6) is -0.877. The normalized spacial score (nSPS) is 14.7. The molecule has 0 N–H and O–H groups in total. The van der Waals surface area contributed by atoms with E-state index in [0.29, 0.717) is 31.7 Å². The van der Waals surface area contributed by atoms with E-state index in [1.165, 1.54) is 18.2 Å². The Balaban J connectivity index is 1.34. The molecule has 0 bridgehead atoms. The number of nitro groups is 1. The molecule has 1 atom stereocenters. The molecule has 4 aromatic rings. The van der Waals surface area contributed by atoms with E-state index in [9.17, 15) is 19.3 Å². The number of pyridine rings is 1. The highest BCUT2D eigenvalue weighted by Gasteiger charge is 2.28. The molecule has 0 saturated carbocycles. The van der Waals surface area contributed by atoms with Crippen LogP contribution in [0.1, 0.15) is 29.2 Å². The number of fused-ring (bicyclic) bond motifs is 1. The van der Waals surface area contributed by atoms with E-state index >= 15 is 0 Å². The van der Waals surface area contributed by atoms with E-state index in [2.05, 4.69) is 9.88 Å². The number of amides is 1. The zero-order valence-corrected chi connectivity index (χ0v) is 19.9. The molecule has 0 aliphatic carbocycles. The van der Waals surface area contributed by atoms with Gasteiger partial charge < -0.3 is 14.2 Å². The lowest BCUT2D eigenvalue weighted by molar-refractivity contribution is -0.384. The summed E-state index contributed by atoms with van der Waals surface area (Å²) >= 11 is 0. The van der Waals surface area contributed by atoms with Crippen LogP contribution in [0.5, 0.6) is 0 Å². The van der Waals surface area contributed by atoms with E-state index in [1.807, 2.05) is 34.6 Å². The second kappa shape index (κ2) is 9.77. The number of rotatable bonds is 6. The Bertz CT molecular complexity index is 1410. The Morgan fingerprint density at radius 3 is 2.50 bits per heavy atom. The van der Waals surface area contributed by atoms with E-state index in [1.54, 1.807) is 36.5 Å². The summed E-state index contributed by atoms with van der Waals surface area (Å²) in [5.41, 5.74) is 4.01. The number of carbonyl (C=O) groups is 1. The van der Waals surface area contributed by atoms with Gasteiger partial charge >= 0.3 is 0 Å². The number of nitro benzene ring substituents is 1. The second-order valence-corrected chi connectivity index (χ2v) is 9.03. The summed E-state index contributed by atoms with van der Waals surface area (Å²) in [6.07, 6.45) is 3.76. The van der Waals surface area contributed by atoms with Crippen molar-refractivity contribution >= 4 is 22.9 Å². The molecular formula is C27H26FN5O3. The predicted molar refractivity (Wildman–Crippen MR) is 135 cm³/mol. The van der Waals surface area contributed by atoms with Gasteiger partial charge in [0, 0.05) is 68.7 Å². The van der Waals surface area contributed by atoms with Crippen LogP contribution in [0.15, 0.2) is 73.1 Å². The van der Waals surface area contributed by atoms with Crippen LogP contribution in [0.2, 0.25) is 0 Å². The fourth-order valence-corrected chi connectivity index (χ4v) is 4.79. The van der Waals surface area contributed by atoms with Crippen molar-refractivity contribution in [2.75, 3.05) is 31.1 Å². The van der Waals surface area contributed by atoms with E-state index in [-0.39, 0.29) is 23.8 Å². The zero-order valence-electron chi connectivity index (χ0n) is 19.9. The van der Waals surface area contributed by atoms with Crippen molar-refractivity contribution in [2.45, 2.75) is 19.3 Å². The number of piperazine rings is 1. The van der Waals surface area contributed by atoms with Gasteiger partial charge in [-0.2, -0.15) is 0 Å². The first-order valence-corrected chi connectivity index (χ1v) is 11.9. The number of hydrogen-bond acceptors (Lipinski definition) is 5. The van der Waals surface area contributed by atoms with Gasteiger partial charge in [0.25, 0.3) is 5.69 Å². The average molecular weight is 488 g/mol. The number of halogens is 1. The summed E-state index contributed by atoms with van der Waals surface area (Å²) in [6, 6.07) is 17.0. The molecular weight excluding hydrogens is 461 g/mol. The van der Waals surface area contributed by atoms with Crippen molar-refractivity contribution in [2.24, 2.45) is 0 Å². The van der Waals surface area contributed by atoms with Gasteiger partial charge in [0.05, 0.1) is 10.6 Å². The molecule has 1 amide bonds. The summed E-state index contributed by atoms with van der Waals surface area (Å²) in [4.78, 5) is 32.3. The van der Waals surface area contributed by atoms with Crippen LogP contribution in [0.25, 0.3) is 5.65 Å². The SMILES string of the molecule is Cc1ccn2c(C(CC(=O)N3CCN(c4ccc([N+](=O)[O-])cc4)CC3)c3ccccc3F)cnc2c1. The van der Waals surface area contributed by atoms with Gasteiger partial charge in [0.1, 0.15) is 11.5 Å². The molecule has 1 aliphatic rings. The number of aromatic nitrogens is 2. The number of hydrogen-bond donors (Lipinski definition) is 0. The average Bonchev–Trinajstić information content (AvgIpc) is 3.30. The maximum Gasteiger partial charge on any atom is 0.269 e. The number of imidazole rings is 1. The number of nitrogens with zero attached hydrogens (tertiary/aromatic N) is 5. The van der Waals surface area contributed by atoms with Gasteiger partial charge in [-0.25, -0.2) is 9.37 Å². The third-order valence-corrected chi connectivity index (χ3v) is 6.77. The molecule has 2 aromatic carbocycles. The monoisotopic (exact) mass is 487 g/mol. The molecule has 9 heteroatoms. The molecule has 1 aliphatic heterocycles. The first-order valence-electron chi connectivity index (χ1n) is 11.9. The lowest BCUT2D eigenvalue weighted by Crippen LogP contribution is -2.49. The predicted octanol–water partition coefficient (Wildman–Crippen LogP) is 4.56. The molecule has 2 aromatic heterocycles. The smallest absolute Gasteiger partial charge is 0.269 e. The molecule has 8 nitrogen and oxygen atoms in total. The first-order chi connectivity index (χ1) is 17.4. The highest BCUT2D eigenvalue weighted by molar-refractivity contribution is 5.78. The van der Waals surface area contributed by atoms with E-state index in [0.717, 1.165) is 22.6 Å². The van der Waals surface area contributed by atoms with E-state index in [4.69, 9.17) is 0 Å². The van der Waals surface area contributed by atoms with Crippen LogP contribution in [0, 0.1) is 22.9 Å². The number of benzene rings is 2. The zero-order chi connectivity index (χ0) is 25.2. The van der Waals surface area contributed by atoms with Crippen LogP contribution < -0.4 is 4.90 Å². The standard InChI is InChI=1S/C27H26FN5O3/c1-19-10-11-32-25(18-29-26(32)16-19)23(22-4-2-3-5-24(22)28)17-27(34)31-14-12-30(13-15-31)20-6-8-21(9-7-20)33(35)36/h2-11,16,18,23H,12-15,17H2,1H3. The lowest BCUT2D eigenvalue weighted by atomic mass is 9.91. The fraction of sp³-hybridized carbons (Fsp3) is 0.259. The van der Waals surface area contributed by atoms with Gasteiger partial charge in [0.15, 0.2) is 0 Å². The Labute approximate surface area is 207 Å². The van der Waals surface area contributed by atoms with Gasteiger partial charge in [0.2, 0.25) is 5.91 Å². The van der Waals surface area contributed by atoms with Gasteiger partial charge in [-0.05, 0) is 48.4 Å². The number of carbonyl (C=O) groups excluding carboxylic acids is 1. The van der Waals surface area contributed by atoms with Crippen LogP contribution >= 0.6 is 0 Å². The van der Waals surface area contributed by atoms with Crippen molar-refractivity contribution in [3.8, 4) is 0 Å². The minimum Gasteiger partial charge on any atom is -0.368 e. The second-order valence-electron chi connectivity index (χ2n) is 9.03. The lowest BCUT2D eigenvalue weighted by Gasteiger charge is -2.36. The van der Waals surface area contributed by atoms with Crippen LogP contribution in [0.4, 0.5) is 15.8 Å². The Morgan fingerprint density at radius 2 is 1.81 bits per heavy atom. The summed E-state index contributed by atoms with van der Waals surface area (Å²) in [7, 11) is 0. The Morgan fingerprint density at radius 1 is 1.08 bits per heavy atom. The van der Waals surface area contributed by atoms with Gasteiger partial charge in [-0.1, -0.05) is 18.2 Å². The molecule has 3 heterocycles. The maximum atomic E-state index is 14.9. The Kier molecular flexibility index (Phi) is 6.37. The summed E-state index contributed by atoms with van der Waals surface area (Å²) < 4.78 is 16.8. The Hall–Kier alpha value is -4.27. The van der Waals surface area contributed by atoms with Crippen molar-refractivity contribution in [1.29, 1.82) is 0 Å². The molecule has 1 unspecified atom stereocenters. The van der Waals surface area contributed by atoms with Crippen LogP contribution in [0.3, 0.4) is 0 Å². The number of aryl methyl sites for hydroxylation is 1. The molecule has 1 fully saturated rings. The van der Waals surface area contributed by atoms with Crippen molar-refractivity contribution in [3.63, 3.8) is 0 Å². The molecule has 184 valence electrons. The highest BCUT2D eigenvalue weighted by atomic mass is 19.1. The van der Waals surface area contributed by atoms with Crippen molar-refractivity contribution in [3.05, 3.63) is 106 Å². The highest BCUT2D eigenvalue weighted by Crippen LogP contribution is 2.32. The van der Waals surface area contributed by atoms with E-state index < -0.39 is 10.8 Å². The third kappa shape index (κ3) is 4.64.